The summed E-state index contributed by atoms with van der Waals surface area (Å²) in [5.41, 5.74) is 3.37. The summed E-state index contributed by atoms with van der Waals surface area (Å²) < 4.78 is 1.65. The van der Waals surface area contributed by atoms with Crippen LogP contribution in [0.15, 0.2) is 73.1 Å². The first-order chi connectivity index (χ1) is 14.2. The molecule has 1 aromatic heterocycles. The zero-order valence-electron chi connectivity index (χ0n) is 16.7. The van der Waals surface area contributed by atoms with Crippen LogP contribution in [0.1, 0.15) is 18.5 Å². The molecule has 1 N–H and O–H groups in total. The van der Waals surface area contributed by atoms with Crippen molar-refractivity contribution < 1.29 is 4.79 Å². The van der Waals surface area contributed by atoms with Gasteiger partial charge in [0.05, 0.1) is 0 Å². The minimum Gasteiger partial charge on any atom is -0.369 e. The Bertz CT molecular complexity index is 900. The Morgan fingerprint density at radius 1 is 1.00 bits per heavy atom. The van der Waals surface area contributed by atoms with Gasteiger partial charge >= 0.3 is 0 Å². The van der Waals surface area contributed by atoms with Crippen LogP contribution in [-0.4, -0.2) is 46.8 Å². The lowest BCUT2D eigenvalue weighted by Gasteiger charge is -2.36. The van der Waals surface area contributed by atoms with Crippen molar-refractivity contribution >= 4 is 17.3 Å². The van der Waals surface area contributed by atoms with Crippen LogP contribution in [0.25, 0.3) is 0 Å². The quantitative estimate of drug-likeness (QED) is 0.702. The minimum atomic E-state index is -0.345. The summed E-state index contributed by atoms with van der Waals surface area (Å²) in [5, 5.41) is 7.10. The Balaban J connectivity index is 1.29. The number of hydrogen-bond donors (Lipinski definition) is 1. The molecule has 4 rings (SSSR count). The average molecular weight is 390 g/mol. The molecule has 1 atom stereocenters. The lowest BCUT2D eigenvalue weighted by Crippen LogP contribution is -2.45. The Morgan fingerprint density at radius 2 is 1.72 bits per heavy atom. The first kappa shape index (κ1) is 19.2. The van der Waals surface area contributed by atoms with E-state index in [1.807, 2.05) is 25.1 Å². The number of hydrogen-bond acceptors (Lipinski definition) is 4. The highest BCUT2D eigenvalue weighted by Crippen LogP contribution is 2.21. The molecule has 3 aromatic rings. The fourth-order valence-electron chi connectivity index (χ4n) is 3.64. The summed E-state index contributed by atoms with van der Waals surface area (Å²) in [6.45, 7) is 6.97. The van der Waals surface area contributed by atoms with E-state index in [2.05, 4.69) is 62.7 Å². The Morgan fingerprint density at radius 3 is 2.38 bits per heavy atom. The molecule has 1 aliphatic heterocycles. The Hall–Kier alpha value is -3.12. The second-order valence-electron chi connectivity index (χ2n) is 7.45. The number of rotatable bonds is 6. The van der Waals surface area contributed by atoms with Crippen molar-refractivity contribution in [3.63, 3.8) is 0 Å². The van der Waals surface area contributed by atoms with Gasteiger partial charge in [-0.05, 0) is 42.8 Å². The number of piperazine rings is 1. The van der Waals surface area contributed by atoms with Crippen molar-refractivity contribution in [2.75, 3.05) is 36.4 Å². The molecule has 1 saturated heterocycles. The molecular formula is C23H27N5O. The molecule has 2 heterocycles. The summed E-state index contributed by atoms with van der Waals surface area (Å²) in [6, 6.07) is 20.2. The lowest BCUT2D eigenvalue weighted by molar-refractivity contribution is -0.119. The van der Waals surface area contributed by atoms with Gasteiger partial charge in [-0.25, -0.2) is 0 Å². The summed E-state index contributed by atoms with van der Waals surface area (Å²) in [6.07, 6.45) is 3.48. The molecule has 1 fully saturated rings. The topological polar surface area (TPSA) is 53.4 Å². The fourth-order valence-corrected chi connectivity index (χ4v) is 3.64. The Labute approximate surface area is 171 Å². The van der Waals surface area contributed by atoms with Gasteiger partial charge in [0, 0.05) is 56.5 Å². The number of nitrogens with one attached hydrogen (secondary N) is 1. The van der Waals surface area contributed by atoms with Gasteiger partial charge in [-0.2, -0.15) is 5.10 Å². The molecule has 0 bridgehead atoms. The van der Waals surface area contributed by atoms with Crippen LogP contribution in [0, 0.1) is 0 Å². The van der Waals surface area contributed by atoms with Crippen molar-refractivity contribution in [1.82, 2.24) is 14.7 Å². The van der Waals surface area contributed by atoms with E-state index in [4.69, 9.17) is 0 Å². The molecule has 150 valence electrons. The van der Waals surface area contributed by atoms with Crippen molar-refractivity contribution in [3.8, 4) is 0 Å². The number of aromatic nitrogens is 2. The molecular weight excluding hydrogens is 362 g/mol. The van der Waals surface area contributed by atoms with Gasteiger partial charge in [0.2, 0.25) is 5.91 Å². The van der Waals surface area contributed by atoms with Gasteiger partial charge in [0.1, 0.15) is 6.04 Å². The maximum absolute atomic E-state index is 12.4. The summed E-state index contributed by atoms with van der Waals surface area (Å²) in [5.74, 6) is -0.0732. The number of nitrogens with zero attached hydrogens (tertiary/aromatic N) is 4. The average Bonchev–Trinajstić information content (AvgIpc) is 3.30. The highest BCUT2D eigenvalue weighted by Gasteiger charge is 2.18. The standard InChI is InChI=1S/C23H27N5O/c1-19(28-13-5-12-24-28)23(29)25-21-8-10-22(11-9-21)27-16-14-26(15-17-27)18-20-6-3-2-4-7-20/h2-13,19H,14-18H2,1H3,(H,25,29). The second-order valence-corrected chi connectivity index (χ2v) is 7.45. The third-order valence-electron chi connectivity index (χ3n) is 5.42. The van der Waals surface area contributed by atoms with Gasteiger partial charge in [0.15, 0.2) is 0 Å². The Kier molecular flexibility index (Phi) is 5.91. The SMILES string of the molecule is CC(C(=O)Nc1ccc(N2CCN(Cc3ccccc3)CC2)cc1)n1cccn1. The van der Waals surface area contributed by atoms with Crippen molar-refractivity contribution in [3.05, 3.63) is 78.6 Å². The number of carbonyl (C=O) groups is 1. The summed E-state index contributed by atoms with van der Waals surface area (Å²) in [4.78, 5) is 17.3. The molecule has 1 unspecified atom stereocenters. The van der Waals surface area contributed by atoms with Crippen LogP contribution in [-0.2, 0) is 11.3 Å². The normalized spacial score (nSPS) is 15.8. The summed E-state index contributed by atoms with van der Waals surface area (Å²) in [7, 11) is 0. The third-order valence-corrected chi connectivity index (χ3v) is 5.42. The van der Waals surface area contributed by atoms with Crippen LogP contribution in [0.3, 0.4) is 0 Å². The first-order valence-corrected chi connectivity index (χ1v) is 10.1. The van der Waals surface area contributed by atoms with Gasteiger partial charge in [-0.15, -0.1) is 0 Å². The highest BCUT2D eigenvalue weighted by atomic mass is 16.2. The predicted octanol–water partition coefficient (Wildman–Crippen LogP) is 3.41. The van der Waals surface area contributed by atoms with E-state index in [9.17, 15) is 4.79 Å². The van der Waals surface area contributed by atoms with Gasteiger partial charge in [-0.1, -0.05) is 30.3 Å². The smallest absolute Gasteiger partial charge is 0.248 e. The van der Waals surface area contributed by atoms with Crippen molar-refractivity contribution in [1.29, 1.82) is 0 Å². The van der Waals surface area contributed by atoms with Gasteiger partial charge in [-0.3, -0.25) is 14.4 Å². The van der Waals surface area contributed by atoms with Crippen molar-refractivity contribution in [2.24, 2.45) is 0 Å². The maximum Gasteiger partial charge on any atom is 0.248 e. The van der Waals surface area contributed by atoms with Crippen LogP contribution in [0.2, 0.25) is 0 Å². The largest absolute Gasteiger partial charge is 0.369 e. The van der Waals surface area contributed by atoms with E-state index in [0.717, 1.165) is 38.4 Å². The van der Waals surface area contributed by atoms with Crippen molar-refractivity contribution in [2.45, 2.75) is 19.5 Å². The lowest BCUT2D eigenvalue weighted by atomic mass is 10.2. The number of anilines is 2. The van der Waals surface area contributed by atoms with E-state index >= 15 is 0 Å². The number of carbonyl (C=O) groups excluding carboxylic acids is 1. The van der Waals surface area contributed by atoms with Crippen LogP contribution >= 0.6 is 0 Å². The monoisotopic (exact) mass is 389 g/mol. The molecule has 0 aliphatic carbocycles. The number of amides is 1. The van der Waals surface area contributed by atoms with E-state index in [0.29, 0.717) is 0 Å². The van der Waals surface area contributed by atoms with E-state index in [-0.39, 0.29) is 11.9 Å². The van der Waals surface area contributed by atoms with E-state index < -0.39 is 0 Å². The highest BCUT2D eigenvalue weighted by molar-refractivity contribution is 5.93. The maximum atomic E-state index is 12.4. The molecule has 1 aliphatic rings. The number of benzene rings is 2. The van der Waals surface area contributed by atoms with Gasteiger partial charge in [0.25, 0.3) is 0 Å². The molecule has 6 nitrogen and oxygen atoms in total. The first-order valence-electron chi connectivity index (χ1n) is 10.1. The summed E-state index contributed by atoms with van der Waals surface area (Å²) >= 11 is 0. The molecule has 6 heteroatoms. The van der Waals surface area contributed by atoms with Crippen LogP contribution in [0.4, 0.5) is 11.4 Å². The molecule has 0 saturated carbocycles. The molecule has 29 heavy (non-hydrogen) atoms. The third kappa shape index (κ3) is 4.84. The molecule has 0 radical (unpaired) electrons. The zero-order chi connectivity index (χ0) is 20.1. The fraction of sp³-hybridized carbons (Fsp3) is 0.304. The van der Waals surface area contributed by atoms with Crippen LogP contribution < -0.4 is 10.2 Å². The zero-order valence-corrected chi connectivity index (χ0v) is 16.7. The van der Waals surface area contributed by atoms with Crippen LogP contribution in [0.5, 0.6) is 0 Å². The van der Waals surface area contributed by atoms with Gasteiger partial charge < -0.3 is 10.2 Å². The van der Waals surface area contributed by atoms with E-state index in [1.54, 1.807) is 17.1 Å². The minimum absolute atomic E-state index is 0.0732. The molecule has 2 aromatic carbocycles. The molecule has 1 amide bonds. The second kappa shape index (κ2) is 8.92. The molecule has 0 spiro atoms. The van der Waals surface area contributed by atoms with E-state index in [1.165, 1.54) is 11.3 Å². The predicted molar refractivity (Wildman–Crippen MR) is 116 cm³/mol.